The molecular formula is C31H37N9O4S. The SMILES string of the molecule is COc1cc(N=Nc2sc(C#N)c(C)c2C#N)c(C)cc1N(CCOCCOCCn1ccnc1)CCOCCn1ccnc1. The topological polar surface area (TPSA) is 148 Å². The first-order valence-corrected chi connectivity index (χ1v) is 15.3. The lowest BCUT2D eigenvalue weighted by Gasteiger charge is -2.27. The second-order valence-corrected chi connectivity index (χ2v) is 10.9. The summed E-state index contributed by atoms with van der Waals surface area (Å²) in [5.74, 6) is 0.622. The number of rotatable bonds is 19. The fraction of sp³-hybridized carbons (Fsp3) is 0.419. The lowest BCUT2D eigenvalue weighted by Crippen LogP contribution is -2.32. The van der Waals surface area contributed by atoms with Gasteiger partial charge in [-0.3, -0.25) is 0 Å². The number of aryl methyl sites for hydroxylation is 1. The van der Waals surface area contributed by atoms with Crippen LogP contribution in [0.5, 0.6) is 5.75 Å². The van der Waals surface area contributed by atoms with Gasteiger partial charge in [0.15, 0.2) is 5.00 Å². The van der Waals surface area contributed by atoms with E-state index in [9.17, 15) is 10.5 Å². The summed E-state index contributed by atoms with van der Waals surface area (Å²) in [6, 6.07) is 8.08. The van der Waals surface area contributed by atoms with E-state index in [0.717, 1.165) is 35.7 Å². The molecule has 0 spiro atoms. The van der Waals surface area contributed by atoms with Crippen molar-refractivity contribution in [2.24, 2.45) is 10.2 Å². The number of aromatic nitrogens is 4. The molecule has 0 amide bonds. The number of ether oxygens (including phenoxy) is 4. The fourth-order valence-corrected chi connectivity index (χ4v) is 5.27. The summed E-state index contributed by atoms with van der Waals surface area (Å²) in [6.45, 7) is 9.50. The van der Waals surface area contributed by atoms with E-state index in [-0.39, 0.29) is 0 Å². The molecule has 4 aromatic rings. The van der Waals surface area contributed by atoms with Crippen molar-refractivity contribution in [3.8, 4) is 17.9 Å². The molecule has 45 heavy (non-hydrogen) atoms. The molecule has 3 aromatic heterocycles. The van der Waals surface area contributed by atoms with Crippen molar-refractivity contribution in [3.05, 3.63) is 71.1 Å². The average Bonchev–Trinajstić information content (AvgIpc) is 3.82. The van der Waals surface area contributed by atoms with Crippen LogP contribution in [0.4, 0.5) is 16.4 Å². The third-order valence-electron chi connectivity index (χ3n) is 6.92. The third kappa shape index (κ3) is 9.69. The maximum absolute atomic E-state index is 9.56. The Morgan fingerprint density at radius 1 is 0.844 bits per heavy atom. The number of nitriles is 2. The minimum atomic E-state index is 0.365. The zero-order valence-corrected chi connectivity index (χ0v) is 26.6. The number of nitrogens with zero attached hydrogens (tertiary/aromatic N) is 9. The van der Waals surface area contributed by atoms with Crippen LogP contribution in [0.25, 0.3) is 0 Å². The number of imidazole rings is 2. The molecule has 0 aliphatic rings. The minimum absolute atomic E-state index is 0.365. The fourth-order valence-electron chi connectivity index (χ4n) is 4.39. The van der Waals surface area contributed by atoms with Crippen LogP contribution >= 0.6 is 11.3 Å². The number of benzene rings is 1. The summed E-state index contributed by atoms with van der Waals surface area (Å²) in [6.07, 6.45) is 10.8. The maximum Gasteiger partial charge on any atom is 0.158 e. The van der Waals surface area contributed by atoms with Gasteiger partial charge in [0.1, 0.15) is 22.8 Å². The number of hydrogen-bond acceptors (Lipinski definition) is 12. The molecule has 1 aromatic carbocycles. The molecule has 0 bridgehead atoms. The Kier molecular flexibility index (Phi) is 13.0. The molecule has 0 N–H and O–H groups in total. The van der Waals surface area contributed by atoms with Gasteiger partial charge in [-0.25, -0.2) is 9.97 Å². The lowest BCUT2D eigenvalue weighted by atomic mass is 10.1. The van der Waals surface area contributed by atoms with Crippen molar-refractivity contribution in [1.82, 2.24) is 19.1 Å². The molecule has 3 heterocycles. The van der Waals surface area contributed by atoms with Gasteiger partial charge in [-0.2, -0.15) is 10.5 Å². The number of azo groups is 1. The van der Waals surface area contributed by atoms with Gasteiger partial charge in [0.2, 0.25) is 0 Å². The summed E-state index contributed by atoms with van der Waals surface area (Å²) in [7, 11) is 1.61. The molecule has 0 fully saturated rings. The Morgan fingerprint density at radius 2 is 1.47 bits per heavy atom. The van der Waals surface area contributed by atoms with Gasteiger partial charge in [0.25, 0.3) is 0 Å². The maximum atomic E-state index is 9.56. The molecule has 0 saturated carbocycles. The van der Waals surface area contributed by atoms with E-state index in [1.807, 2.05) is 40.6 Å². The van der Waals surface area contributed by atoms with E-state index in [4.69, 9.17) is 18.9 Å². The van der Waals surface area contributed by atoms with Crippen LogP contribution in [-0.2, 0) is 27.3 Å². The van der Waals surface area contributed by atoms with Crippen LogP contribution < -0.4 is 9.64 Å². The van der Waals surface area contributed by atoms with E-state index < -0.39 is 0 Å². The first-order chi connectivity index (χ1) is 22.0. The van der Waals surface area contributed by atoms with E-state index >= 15 is 0 Å². The number of hydrogen-bond donors (Lipinski definition) is 0. The van der Waals surface area contributed by atoms with E-state index in [0.29, 0.717) is 85.2 Å². The number of thiophene rings is 1. The van der Waals surface area contributed by atoms with Crippen LogP contribution in [0.15, 0.2) is 59.8 Å². The third-order valence-corrected chi connectivity index (χ3v) is 8.00. The monoisotopic (exact) mass is 631 g/mol. The predicted molar refractivity (Wildman–Crippen MR) is 170 cm³/mol. The number of anilines is 1. The lowest BCUT2D eigenvalue weighted by molar-refractivity contribution is 0.0468. The Morgan fingerprint density at radius 3 is 2.02 bits per heavy atom. The molecule has 13 nitrogen and oxygen atoms in total. The molecule has 0 radical (unpaired) electrons. The van der Waals surface area contributed by atoms with E-state index in [1.54, 1.807) is 39.1 Å². The first kappa shape index (κ1) is 33.3. The molecular weight excluding hydrogens is 594 g/mol. The Labute approximate surface area is 266 Å². The Hall–Kier alpha value is -4.60. The standard InChI is InChI=1S/C31H37N9O4S/c1-24-18-28(29(41-3)19-27(24)36-37-31-26(20-32)25(2)30(21-33)45-31)40(10-14-42-12-8-38-6-4-34-22-38)11-15-44-17-16-43-13-9-39-7-5-35-23-39/h4-7,18-19,22-23H,8-17H2,1-3H3. The van der Waals surface area contributed by atoms with Gasteiger partial charge in [0, 0.05) is 57.0 Å². The van der Waals surface area contributed by atoms with Crippen molar-refractivity contribution in [3.63, 3.8) is 0 Å². The van der Waals surface area contributed by atoms with Gasteiger partial charge in [0.05, 0.1) is 76.3 Å². The van der Waals surface area contributed by atoms with Gasteiger partial charge < -0.3 is 33.0 Å². The van der Waals surface area contributed by atoms with Crippen LogP contribution in [0.1, 0.15) is 21.6 Å². The number of methoxy groups -OCH3 is 1. The van der Waals surface area contributed by atoms with Crippen LogP contribution in [0.2, 0.25) is 0 Å². The highest BCUT2D eigenvalue weighted by Gasteiger charge is 2.17. The largest absolute Gasteiger partial charge is 0.495 e. The van der Waals surface area contributed by atoms with Crippen molar-refractivity contribution >= 4 is 27.7 Å². The molecule has 236 valence electrons. The Bertz CT molecular complexity index is 1590. The Balaban J connectivity index is 1.39. The van der Waals surface area contributed by atoms with Crippen LogP contribution in [-0.4, -0.2) is 78.9 Å². The zero-order chi connectivity index (χ0) is 31.9. The highest BCUT2D eigenvalue weighted by atomic mass is 32.1. The summed E-state index contributed by atoms with van der Waals surface area (Å²) in [5, 5.41) is 28.1. The molecule has 0 aliphatic heterocycles. The van der Waals surface area contributed by atoms with Gasteiger partial charge in [-0.15, -0.1) is 21.6 Å². The molecule has 14 heteroatoms. The van der Waals surface area contributed by atoms with E-state index in [1.165, 1.54) is 0 Å². The van der Waals surface area contributed by atoms with Crippen molar-refractivity contribution in [2.75, 3.05) is 64.7 Å². The van der Waals surface area contributed by atoms with Gasteiger partial charge >= 0.3 is 0 Å². The molecule has 4 rings (SSSR count). The van der Waals surface area contributed by atoms with Crippen molar-refractivity contribution in [2.45, 2.75) is 26.9 Å². The second kappa shape index (κ2) is 17.6. The quantitative estimate of drug-likeness (QED) is 0.101. The zero-order valence-electron chi connectivity index (χ0n) is 25.8. The minimum Gasteiger partial charge on any atom is -0.495 e. The molecule has 0 aliphatic carbocycles. The predicted octanol–water partition coefficient (Wildman–Crippen LogP) is 5.18. The first-order valence-electron chi connectivity index (χ1n) is 14.5. The van der Waals surface area contributed by atoms with E-state index in [2.05, 4.69) is 37.2 Å². The normalized spacial score (nSPS) is 11.1. The summed E-state index contributed by atoms with van der Waals surface area (Å²) in [4.78, 5) is 10.7. The molecule has 0 atom stereocenters. The van der Waals surface area contributed by atoms with Crippen LogP contribution in [0, 0.1) is 36.5 Å². The molecule has 0 unspecified atom stereocenters. The average molecular weight is 632 g/mol. The molecule has 0 saturated heterocycles. The van der Waals surface area contributed by atoms with Crippen molar-refractivity contribution < 1.29 is 18.9 Å². The smallest absolute Gasteiger partial charge is 0.158 e. The van der Waals surface area contributed by atoms with Crippen molar-refractivity contribution in [1.29, 1.82) is 10.5 Å². The highest BCUT2D eigenvalue weighted by Crippen LogP contribution is 2.38. The second-order valence-electron chi connectivity index (χ2n) is 9.90. The van der Waals surface area contributed by atoms with Gasteiger partial charge in [-0.1, -0.05) is 0 Å². The van der Waals surface area contributed by atoms with Gasteiger partial charge in [-0.05, 0) is 31.0 Å². The summed E-state index contributed by atoms with van der Waals surface area (Å²) < 4.78 is 27.2. The van der Waals surface area contributed by atoms with Crippen LogP contribution in [0.3, 0.4) is 0 Å². The highest BCUT2D eigenvalue weighted by molar-refractivity contribution is 7.16. The summed E-state index contributed by atoms with van der Waals surface area (Å²) >= 11 is 1.15. The summed E-state index contributed by atoms with van der Waals surface area (Å²) in [5.41, 5.74) is 3.34.